The smallest absolute Gasteiger partial charge is 0.320 e. The Bertz CT molecular complexity index is 693. The van der Waals surface area contributed by atoms with E-state index >= 15 is 0 Å². The lowest BCUT2D eigenvalue weighted by atomic mass is 10.1. The minimum absolute atomic E-state index is 0.435. The Hall–Kier alpha value is -1.81. The minimum Gasteiger partial charge on any atom is -0.320 e. The summed E-state index contributed by atoms with van der Waals surface area (Å²) >= 11 is 0. The molecule has 0 amide bonds. The van der Waals surface area contributed by atoms with Gasteiger partial charge in [0.2, 0.25) is 0 Å². The van der Waals surface area contributed by atoms with Crippen LogP contribution in [0.2, 0.25) is 0 Å². The zero-order chi connectivity index (χ0) is 15.5. The van der Waals surface area contributed by atoms with Crippen LogP contribution in [0, 0.1) is 0 Å². The predicted octanol–water partition coefficient (Wildman–Crippen LogP) is 4.08. The van der Waals surface area contributed by atoms with Crippen molar-refractivity contribution < 1.29 is 23.1 Å². The zero-order valence-electron chi connectivity index (χ0n) is 10.9. The van der Waals surface area contributed by atoms with Crippen LogP contribution in [-0.2, 0) is 10.2 Å². The summed E-state index contributed by atoms with van der Waals surface area (Å²) in [4.78, 5) is 17.5. The molecule has 110 valence electrons. The highest BCUT2D eigenvalue weighted by atomic mass is 31.2. The first kappa shape index (κ1) is 15.6. The molecule has 0 radical (unpaired) electrons. The fourth-order valence-electron chi connectivity index (χ4n) is 1.75. The number of hydrogen-bond donors (Lipinski definition) is 2. The summed E-state index contributed by atoms with van der Waals surface area (Å²) in [5.41, 5.74) is -3.57. The van der Waals surface area contributed by atoms with E-state index in [2.05, 4.69) is 0 Å². The van der Waals surface area contributed by atoms with Gasteiger partial charge in [-0.2, -0.15) is 8.78 Å². The average Bonchev–Trinajstić information content (AvgIpc) is 2.45. The third-order valence-corrected chi connectivity index (χ3v) is 3.86. The molecule has 2 N–H and O–H groups in total. The van der Waals surface area contributed by atoms with E-state index in [1.807, 2.05) is 30.3 Å². The Morgan fingerprint density at radius 1 is 0.905 bits per heavy atom. The summed E-state index contributed by atoms with van der Waals surface area (Å²) in [5.74, 6) is 0. The van der Waals surface area contributed by atoms with Crippen LogP contribution in [-0.4, -0.2) is 9.79 Å². The fraction of sp³-hybridized carbons (Fsp3) is 0.0667. The van der Waals surface area contributed by atoms with Crippen molar-refractivity contribution in [1.82, 2.24) is 0 Å². The number of benzene rings is 2. The van der Waals surface area contributed by atoms with Crippen LogP contribution in [0.5, 0.6) is 0 Å². The van der Waals surface area contributed by atoms with E-state index in [-0.39, 0.29) is 0 Å². The molecule has 0 aliphatic rings. The Labute approximate surface area is 120 Å². The van der Waals surface area contributed by atoms with Crippen LogP contribution in [0.3, 0.4) is 0 Å². The SMILES string of the molecule is O=P(O)(O)C(F)(F)c1cccc(/C=C/c2ccccc2)c1. The highest BCUT2D eigenvalue weighted by Gasteiger charge is 2.50. The first-order valence-electron chi connectivity index (χ1n) is 6.08. The van der Waals surface area contributed by atoms with Crippen molar-refractivity contribution in [3.8, 4) is 0 Å². The van der Waals surface area contributed by atoms with Gasteiger partial charge >= 0.3 is 13.3 Å². The standard InChI is InChI=1S/C15H13F2O3P/c16-15(17,21(18,19)20)14-8-4-7-13(11-14)10-9-12-5-2-1-3-6-12/h1-11H,(H2,18,19,20)/b10-9+. The van der Waals surface area contributed by atoms with E-state index in [1.165, 1.54) is 6.07 Å². The highest BCUT2D eigenvalue weighted by Crippen LogP contribution is 2.59. The molecule has 0 aliphatic heterocycles. The molecule has 0 fully saturated rings. The molecule has 0 bridgehead atoms. The van der Waals surface area contributed by atoms with Crippen molar-refractivity contribution in [2.75, 3.05) is 0 Å². The van der Waals surface area contributed by atoms with Crippen molar-refractivity contribution in [3.63, 3.8) is 0 Å². The van der Waals surface area contributed by atoms with Crippen molar-refractivity contribution in [2.24, 2.45) is 0 Å². The molecule has 0 saturated carbocycles. The van der Waals surface area contributed by atoms with Gasteiger partial charge in [0.05, 0.1) is 0 Å². The summed E-state index contributed by atoms with van der Waals surface area (Å²) in [6.07, 6.45) is 3.34. The molecule has 0 heterocycles. The van der Waals surface area contributed by atoms with Crippen LogP contribution >= 0.6 is 7.60 Å². The van der Waals surface area contributed by atoms with Gasteiger partial charge < -0.3 is 9.79 Å². The first-order valence-corrected chi connectivity index (χ1v) is 7.69. The molecular formula is C15H13F2O3P. The van der Waals surface area contributed by atoms with Crippen molar-refractivity contribution >= 4 is 19.7 Å². The predicted molar refractivity (Wildman–Crippen MR) is 77.8 cm³/mol. The number of hydrogen-bond acceptors (Lipinski definition) is 1. The highest BCUT2D eigenvalue weighted by molar-refractivity contribution is 7.52. The van der Waals surface area contributed by atoms with E-state index in [4.69, 9.17) is 9.79 Å². The van der Waals surface area contributed by atoms with E-state index in [1.54, 1.807) is 18.2 Å². The molecule has 2 aromatic carbocycles. The summed E-state index contributed by atoms with van der Waals surface area (Å²) in [7, 11) is -5.54. The Morgan fingerprint density at radius 3 is 2.10 bits per heavy atom. The Balaban J connectivity index is 2.31. The largest absolute Gasteiger partial charge is 0.399 e. The molecule has 0 aromatic heterocycles. The molecule has 0 aliphatic carbocycles. The van der Waals surface area contributed by atoms with Crippen molar-refractivity contribution in [1.29, 1.82) is 0 Å². The molecule has 2 aromatic rings. The zero-order valence-corrected chi connectivity index (χ0v) is 11.8. The maximum Gasteiger partial charge on any atom is 0.399 e. The Morgan fingerprint density at radius 2 is 1.48 bits per heavy atom. The van der Waals surface area contributed by atoms with Crippen molar-refractivity contribution in [2.45, 2.75) is 5.66 Å². The molecule has 0 unspecified atom stereocenters. The van der Waals surface area contributed by atoms with Gasteiger partial charge in [-0.05, 0) is 17.2 Å². The molecule has 0 atom stereocenters. The summed E-state index contributed by atoms with van der Waals surface area (Å²) in [6.45, 7) is 0. The average molecular weight is 310 g/mol. The van der Waals surface area contributed by atoms with Crippen LogP contribution in [0.15, 0.2) is 54.6 Å². The van der Waals surface area contributed by atoms with Gasteiger partial charge in [0.15, 0.2) is 0 Å². The maximum absolute atomic E-state index is 13.6. The molecule has 3 nitrogen and oxygen atoms in total. The lowest BCUT2D eigenvalue weighted by molar-refractivity contribution is 0.0564. The molecular weight excluding hydrogens is 297 g/mol. The monoisotopic (exact) mass is 310 g/mol. The van der Waals surface area contributed by atoms with Crippen molar-refractivity contribution in [3.05, 3.63) is 71.3 Å². The lowest BCUT2D eigenvalue weighted by Crippen LogP contribution is -2.13. The van der Waals surface area contributed by atoms with Gasteiger partial charge in [-0.3, -0.25) is 4.57 Å². The van der Waals surface area contributed by atoms with Crippen LogP contribution in [0.4, 0.5) is 8.78 Å². The van der Waals surface area contributed by atoms with Gasteiger partial charge in [-0.15, -0.1) is 0 Å². The normalized spacial score (nSPS) is 12.8. The van der Waals surface area contributed by atoms with Crippen LogP contribution < -0.4 is 0 Å². The van der Waals surface area contributed by atoms with Gasteiger partial charge in [0, 0.05) is 5.56 Å². The van der Waals surface area contributed by atoms with E-state index < -0.39 is 18.8 Å². The third kappa shape index (κ3) is 3.64. The second kappa shape index (κ2) is 5.90. The molecule has 0 saturated heterocycles. The summed E-state index contributed by atoms with van der Waals surface area (Å²) in [6, 6.07) is 14.2. The van der Waals surface area contributed by atoms with Gasteiger partial charge in [0.25, 0.3) is 0 Å². The van der Waals surface area contributed by atoms with E-state index in [9.17, 15) is 13.3 Å². The first-order chi connectivity index (χ1) is 9.80. The lowest BCUT2D eigenvalue weighted by Gasteiger charge is -2.18. The number of halogens is 2. The van der Waals surface area contributed by atoms with Crippen LogP contribution in [0.25, 0.3) is 12.2 Å². The van der Waals surface area contributed by atoms with Gasteiger partial charge in [0.1, 0.15) is 0 Å². The molecule has 0 spiro atoms. The molecule has 6 heteroatoms. The van der Waals surface area contributed by atoms with Gasteiger partial charge in [-0.1, -0.05) is 60.7 Å². The fourth-order valence-corrected chi connectivity index (χ4v) is 2.23. The second-order valence-corrected chi connectivity index (χ2v) is 6.10. The Kier molecular flexibility index (Phi) is 4.37. The van der Waals surface area contributed by atoms with E-state index in [0.29, 0.717) is 5.56 Å². The topological polar surface area (TPSA) is 57.5 Å². The quantitative estimate of drug-likeness (QED) is 0.661. The molecule has 21 heavy (non-hydrogen) atoms. The van der Waals surface area contributed by atoms with Gasteiger partial charge in [-0.25, -0.2) is 0 Å². The third-order valence-electron chi connectivity index (χ3n) is 2.87. The maximum atomic E-state index is 13.6. The second-order valence-electron chi connectivity index (χ2n) is 4.45. The molecule has 2 rings (SSSR count). The minimum atomic E-state index is -5.54. The number of rotatable bonds is 4. The van der Waals surface area contributed by atoms with E-state index in [0.717, 1.165) is 17.7 Å². The van der Waals surface area contributed by atoms with Crippen LogP contribution in [0.1, 0.15) is 16.7 Å². The summed E-state index contributed by atoms with van der Waals surface area (Å²) < 4.78 is 38.1. The number of alkyl halides is 2. The summed E-state index contributed by atoms with van der Waals surface area (Å²) in [5, 5.41) is 0.